The van der Waals surface area contributed by atoms with E-state index in [1.54, 1.807) is 7.11 Å². The molecule has 1 aliphatic rings. The molecule has 0 radical (unpaired) electrons. The summed E-state index contributed by atoms with van der Waals surface area (Å²) in [6, 6.07) is 0.163. The minimum absolute atomic E-state index is 0.00423. The molecule has 8 heteroatoms. The number of piperidine rings is 1. The third kappa shape index (κ3) is 4.71. The lowest BCUT2D eigenvalue weighted by Gasteiger charge is -2.36. The Hall–Kier alpha value is -1.54. The van der Waals surface area contributed by atoms with Gasteiger partial charge in [0.2, 0.25) is 5.91 Å². The van der Waals surface area contributed by atoms with Crippen LogP contribution in [0.2, 0.25) is 0 Å². The quantitative estimate of drug-likeness (QED) is 0.752. The van der Waals surface area contributed by atoms with Crippen molar-refractivity contribution in [2.75, 3.05) is 26.8 Å². The first kappa shape index (κ1) is 17.8. The molecule has 2 N–H and O–H groups in total. The molecule has 8 nitrogen and oxygen atoms in total. The van der Waals surface area contributed by atoms with Crippen molar-refractivity contribution in [3.8, 4) is 0 Å². The van der Waals surface area contributed by atoms with E-state index in [0.29, 0.717) is 19.1 Å². The Labute approximate surface area is 137 Å². The van der Waals surface area contributed by atoms with Gasteiger partial charge in [0.15, 0.2) is 5.82 Å². The SMILES string of the molecule is COCCn1nnnc1C(CC(C)C)N1CCC(C(N)=O)CC1. The molecule has 1 unspecified atom stereocenters. The highest BCUT2D eigenvalue weighted by Crippen LogP contribution is 2.30. The van der Waals surface area contributed by atoms with Gasteiger partial charge in [0, 0.05) is 13.0 Å². The summed E-state index contributed by atoms with van der Waals surface area (Å²) < 4.78 is 6.97. The molecule has 1 saturated heterocycles. The standard InChI is InChI=1S/C15H28N6O2/c1-11(2)10-13(15-17-18-19-21(15)8-9-23-3)20-6-4-12(5-7-20)14(16)22/h11-13H,4-10H2,1-3H3,(H2,16,22). The van der Waals surface area contributed by atoms with E-state index in [4.69, 9.17) is 10.5 Å². The summed E-state index contributed by atoms with van der Waals surface area (Å²) in [5.41, 5.74) is 5.44. The Morgan fingerprint density at radius 1 is 1.39 bits per heavy atom. The summed E-state index contributed by atoms with van der Waals surface area (Å²) in [5, 5.41) is 12.2. The molecule has 23 heavy (non-hydrogen) atoms. The zero-order chi connectivity index (χ0) is 16.8. The molecule has 1 aromatic heterocycles. The van der Waals surface area contributed by atoms with Crippen LogP contribution in [0.4, 0.5) is 0 Å². The monoisotopic (exact) mass is 324 g/mol. The molecule has 0 aliphatic carbocycles. The number of primary amides is 1. The van der Waals surface area contributed by atoms with E-state index in [1.165, 1.54) is 0 Å². The number of amides is 1. The van der Waals surface area contributed by atoms with Gasteiger partial charge < -0.3 is 10.5 Å². The Bertz CT molecular complexity index is 496. The van der Waals surface area contributed by atoms with Crippen LogP contribution in [0.15, 0.2) is 0 Å². The zero-order valence-corrected chi connectivity index (χ0v) is 14.3. The van der Waals surface area contributed by atoms with Crippen molar-refractivity contribution in [2.45, 2.75) is 45.7 Å². The Morgan fingerprint density at radius 3 is 2.65 bits per heavy atom. The second kappa shape index (κ2) is 8.35. The molecule has 0 bridgehead atoms. The van der Waals surface area contributed by atoms with Crippen molar-refractivity contribution in [3.05, 3.63) is 5.82 Å². The lowest BCUT2D eigenvalue weighted by atomic mass is 9.93. The summed E-state index contributed by atoms with van der Waals surface area (Å²) in [5.74, 6) is 1.22. The average Bonchev–Trinajstić information content (AvgIpc) is 2.98. The van der Waals surface area contributed by atoms with Crippen LogP contribution in [0.3, 0.4) is 0 Å². The van der Waals surface area contributed by atoms with Crippen LogP contribution in [0.25, 0.3) is 0 Å². The molecule has 130 valence electrons. The number of aromatic nitrogens is 4. The highest BCUT2D eigenvalue weighted by Gasteiger charge is 2.31. The lowest BCUT2D eigenvalue weighted by Crippen LogP contribution is -2.41. The summed E-state index contributed by atoms with van der Waals surface area (Å²) in [7, 11) is 1.67. The zero-order valence-electron chi connectivity index (χ0n) is 14.3. The van der Waals surface area contributed by atoms with Crippen molar-refractivity contribution in [1.82, 2.24) is 25.1 Å². The molecule has 1 aromatic rings. The van der Waals surface area contributed by atoms with Crippen LogP contribution < -0.4 is 5.73 Å². The van der Waals surface area contributed by atoms with E-state index < -0.39 is 0 Å². The van der Waals surface area contributed by atoms with Crippen molar-refractivity contribution < 1.29 is 9.53 Å². The van der Waals surface area contributed by atoms with Crippen LogP contribution in [0, 0.1) is 11.8 Å². The first-order valence-corrected chi connectivity index (χ1v) is 8.31. The lowest BCUT2D eigenvalue weighted by molar-refractivity contribution is -0.123. The fourth-order valence-electron chi connectivity index (χ4n) is 3.15. The molecule has 1 atom stereocenters. The number of rotatable bonds is 8. The van der Waals surface area contributed by atoms with Gasteiger partial charge in [-0.25, -0.2) is 4.68 Å². The van der Waals surface area contributed by atoms with Crippen molar-refractivity contribution in [2.24, 2.45) is 17.6 Å². The molecule has 0 aromatic carbocycles. The van der Waals surface area contributed by atoms with E-state index in [0.717, 1.165) is 38.2 Å². The van der Waals surface area contributed by atoms with Crippen LogP contribution in [-0.2, 0) is 16.1 Å². The third-order valence-corrected chi connectivity index (χ3v) is 4.43. The maximum Gasteiger partial charge on any atom is 0.220 e. The minimum Gasteiger partial charge on any atom is -0.383 e. The minimum atomic E-state index is -0.185. The summed E-state index contributed by atoms with van der Waals surface area (Å²) in [4.78, 5) is 13.7. The maximum absolute atomic E-state index is 11.4. The normalized spacial score (nSPS) is 18.4. The van der Waals surface area contributed by atoms with Gasteiger partial charge in [-0.2, -0.15) is 0 Å². The van der Waals surface area contributed by atoms with Gasteiger partial charge in [-0.3, -0.25) is 9.69 Å². The Morgan fingerprint density at radius 2 is 2.09 bits per heavy atom. The van der Waals surface area contributed by atoms with Crippen molar-refractivity contribution >= 4 is 5.91 Å². The average molecular weight is 324 g/mol. The largest absolute Gasteiger partial charge is 0.383 e. The van der Waals surface area contributed by atoms with Gasteiger partial charge >= 0.3 is 0 Å². The number of carbonyl (C=O) groups is 1. The maximum atomic E-state index is 11.4. The van der Waals surface area contributed by atoms with Gasteiger partial charge in [0.05, 0.1) is 19.2 Å². The predicted octanol–water partition coefficient (Wildman–Crippen LogP) is 0.604. The number of nitrogens with two attached hydrogens (primary N) is 1. The third-order valence-electron chi connectivity index (χ3n) is 4.43. The fourth-order valence-corrected chi connectivity index (χ4v) is 3.15. The summed E-state index contributed by atoms with van der Waals surface area (Å²) >= 11 is 0. The number of hydrogen-bond donors (Lipinski definition) is 1. The van der Waals surface area contributed by atoms with Gasteiger partial charge in [0.25, 0.3) is 0 Å². The number of tetrazole rings is 1. The Kier molecular flexibility index (Phi) is 6.47. The summed E-state index contributed by atoms with van der Waals surface area (Å²) in [6.45, 7) is 7.32. The van der Waals surface area contributed by atoms with Gasteiger partial charge in [0.1, 0.15) is 0 Å². The molecule has 1 amide bonds. The molecule has 2 rings (SSSR count). The van der Waals surface area contributed by atoms with E-state index in [1.807, 2.05) is 4.68 Å². The van der Waals surface area contributed by atoms with Crippen molar-refractivity contribution in [1.29, 1.82) is 0 Å². The fraction of sp³-hybridized carbons (Fsp3) is 0.867. The molecular formula is C15H28N6O2. The molecule has 1 fully saturated rings. The molecule has 0 saturated carbocycles. The first-order valence-electron chi connectivity index (χ1n) is 8.31. The second-order valence-corrected chi connectivity index (χ2v) is 6.61. The highest BCUT2D eigenvalue weighted by atomic mass is 16.5. The summed E-state index contributed by atoms with van der Waals surface area (Å²) in [6.07, 6.45) is 2.60. The number of ether oxygens (including phenoxy) is 1. The van der Waals surface area contributed by atoms with E-state index in [9.17, 15) is 4.79 Å². The molecule has 1 aliphatic heterocycles. The van der Waals surface area contributed by atoms with E-state index >= 15 is 0 Å². The van der Waals surface area contributed by atoms with E-state index in [2.05, 4.69) is 34.3 Å². The number of methoxy groups -OCH3 is 1. The van der Waals surface area contributed by atoms with Crippen LogP contribution in [0.5, 0.6) is 0 Å². The van der Waals surface area contributed by atoms with Gasteiger partial charge in [-0.1, -0.05) is 13.8 Å². The number of likely N-dealkylation sites (tertiary alicyclic amines) is 1. The topological polar surface area (TPSA) is 99.2 Å². The molecule has 2 heterocycles. The first-order chi connectivity index (χ1) is 11.0. The smallest absolute Gasteiger partial charge is 0.220 e. The van der Waals surface area contributed by atoms with Crippen molar-refractivity contribution in [3.63, 3.8) is 0 Å². The predicted molar refractivity (Wildman–Crippen MR) is 85.4 cm³/mol. The molecule has 0 spiro atoms. The number of nitrogens with zero attached hydrogens (tertiary/aromatic N) is 5. The van der Waals surface area contributed by atoms with Gasteiger partial charge in [-0.15, -0.1) is 5.10 Å². The second-order valence-electron chi connectivity index (χ2n) is 6.61. The number of hydrogen-bond acceptors (Lipinski definition) is 6. The molecular weight excluding hydrogens is 296 g/mol. The highest BCUT2D eigenvalue weighted by molar-refractivity contribution is 5.76. The van der Waals surface area contributed by atoms with Crippen LogP contribution in [0.1, 0.15) is 45.0 Å². The Balaban J connectivity index is 2.11. The van der Waals surface area contributed by atoms with E-state index in [-0.39, 0.29) is 17.9 Å². The van der Waals surface area contributed by atoms with Gasteiger partial charge in [-0.05, 0) is 48.7 Å². The van der Waals surface area contributed by atoms with Crippen LogP contribution in [-0.4, -0.2) is 57.8 Å². The number of carbonyl (C=O) groups excluding carboxylic acids is 1. The van der Waals surface area contributed by atoms with Crippen LogP contribution >= 0.6 is 0 Å².